The minimum atomic E-state index is -0.547. The summed E-state index contributed by atoms with van der Waals surface area (Å²) in [6, 6.07) is 14.5. The third-order valence-corrected chi connectivity index (χ3v) is 5.95. The Kier molecular flexibility index (Phi) is 6.77. The summed E-state index contributed by atoms with van der Waals surface area (Å²) in [6.45, 7) is 3.28. The molecule has 1 unspecified atom stereocenters. The van der Waals surface area contributed by atoms with Crippen LogP contribution in [0.15, 0.2) is 48.5 Å². The van der Waals surface area contributed by atoms with Crippen molar-refractivity contribution >= 4 is 22.8 Å². The second-order valence-corrected chi connectivity index (χ2v) is 8.31. The fraction of sp³-hybridized carbons (Fsp3) is 0.346. The molecule has 1 atom stereocenters. The number of amides is 1. The first-order chi connectivity index (χ1) is 16.0. The molecule has 2 aromatic carbocycles. The van der Waals surface area contributed by atoms with Crippen LogP contribution in [0, 0.1) is 5.92 Å². The van der Waals surface area contributed by atoms with Crippen LogP contribution in [-0.4, -0.2) is 55.7 Å². The van der Waals surface area contributed by atoms with Crippen molar-refractivity contribution < 1.29 is 23.8 Å². The standard InChI is InChI=1S/C26H28N2O5/c1-17-7-6-12-28(15-17)25(29)16-33-26(30)20-14-22(27-21-9-5-4-8-19(20)21)18-10-11-23(31-2)24(13-18)32-3/h4-5,8-11,13-14,17H,6-7,12,15-16H2,1-3H3. The summed E-state index contributed by atoms with van der Waals surface area (Å²) in [7, 11) is 3.14. The van der Waals surface area contributed by atoms with Crippen molar-refractivity contribution in [2.45, 2.75) is 19.8 Å². The van der Waals surface area contributed by atoms with E-state index in [0.29, 0.717) is 52.7 Å². The Morgan fingerprint density at radius 2 is 1.85 bits per heavy atom. The number of hydrogen-bond donors (Lipinski definition) is 0. The number of fused-ring (bicyclic) bond motifs is 1. The number of likely N-dealkylation sites (tertiary alicyclic amines) is 1. The second kappa shape index (κ2) is 9.90. The summed E-state index contributed by atoms with van der Waals surface area (Å²) >= 11 is 0. The molecule has 3 aromatic rings. The summed E-state index contributed by atoms with van der Waals surface area (Å²) in [6.07, 6.45) is 2.09. The van der Waals surface area contributed by atoms with Gasteiger partial charge in [-0.1, -0.05) is 25.1 Å². The van der Waals surface area contributed by atoms with Crippen molar-refractivity contribution in [3.8, 4) is 22.8 Å². The van der Waals surface area contributed by atoms with E-state index in [2.05, 4.69) is 6.92 Å². The number of aromatic nitrogens is 1. The Balaban J connectivity index is 1.62. The Bertz CT molecular complexity index is 1180. The molecule has 0 N–H and O–H groups in total. The predicted octanol–water partition coefficient (Wildman–Crippen LogP) is 4.33. The SMILES string of the molecule is COc1ccc(-c2cc(C(=O)OCC(=O)N3CCCC(C)C3)c3ccccc3n2)cc1OC. The van der Waals surface area contributed by atoms with E-state index >= 15 is 0 Å². The van der Waals surface area contributed by atoms with Gasteiger partial charge in [-0.3, -0.25) is 4.79 Å². The lowest BCUT2D eigenvalue weighted by Gasteiger charge is -2.30. The molecule has 0 spiro atoms. The summed E-state index contributed by atoms with van der Waals surface area (Å²) in [5, 5.41) is 0.672. The Morgan fingerprint density at radius 1 is 1.06 bits per heavy atom. The van der Waals surface area contributed by atoms with Gasteiger partial charge < -0.3 is 19.1 Å². The number of pyridine rings is 1. The number of hydrogen-bond acceptors (Lipinski definition) is 6. The maximum Gasteiger partial charge on any atom is 0.339 e. The van der Waals surface area contributed by atoms with Crippen molar-refractivity contribution in [2.24, 2.45) is 5.92 Å². The van der Waals surface area contributed by atoms with Crippen LogP contribution >= 0.6 is 0 Å². The topological polar surface area (TPSA) is 78.0 Å². The number of benzene rings is 2. The number of carbonyl (C=O) groups is 2. The number of carbonyl (C=O) groups excluding carboxylic acids is 2. The van der Waals surface area contributed by atoms with Crippen LogP contribution < -0.4 is 9.47 Å². The van der Waals surface area contributed by atoms with Crippen LogP contribution in [0.4, 0.5) is 0 Å². The lowest BCUT2D eigenvalue weighted by atomic mass is 10.0. The molecular formula is C26H28N2O5. The second-order valence-electron chi connectivity index (χ2n) is 8.31. The van der Waals surface area contributed by atoms with Gasteiger partial charge in [0.15, 0.2) is 18.1 Å². The summed E-state index contributed by atoms with van der Waals surface area (Å²) < 4.78 is 16.2. The molecule has 33 heavy (non-hydrogen) atoms. The minimum absolute atomic E-state index is 0.159. The zero-order valence-electron chi connectivity index (χ0n) is 19.2. The van der Waals surface area contributed by atoms with Gasteiger partial charge in [0.2, 0.25) is 0 Å². The van der Waals surface area contributed by atoms with E-state index in [1.165, 1.54) is 0 Å². The Morgan fingerprint density at radius 3 is 2.61 bits per heavy atom. The van der Waals surface area contributed by atoms with Gasteiger partial charge in [0, 0.05) is 24.0 Å². The number of rotatable bonds is 6. The highest BCUT2D eigenvalue weighted by atomic mass is 16.5. The molecule has 0 aliphatic carbocycles. The fourth-order valence-corrected chi connectivity index (χ4v) is 4.20. The van der Waals surface area contributed by atoms with Crippen molar-refractivity contribution in [1.29, 1.82) is 0 Å². The number of nitrogens with zero attached hydrogens (tertiary/aromatic N) is 2. The molecule has 1 aliphatic heterocycles. The summed E-state index contributed by atoms with van der Waals surface area (Å²) in [5.74, 6) is 0.927. The van der Waals surface area contributed by atoms with Crippen molar-refractivity contribution in [3.63, 3.8) is 0 Å². The van der Waals surface area contributed by atoms with Crippen LogP contribution in [-0.2, 0) is 9.53 Å². The molecule has 2 heterocycles. The Labute approximate surface area is 193 Å². The average Bonchev–Trinajstić information content (AvgIpc) is 2.85. The van der Waals surface area contributed by atoms with Gasteiger partial charge in [0.05, 0.1) is 31.0 Å². The minimum Gasteiger partial charge on any atom is -0.493 e. The molecule has 1 aromatic heterocycles. The van der Waals surface area contributed by atoms with Crippen molar-refractivity contribution in [1.82, 2.24) is 9.88 Å². The molecule has 4 rings (SSSR count). The normalized spacial score (nSPS) is 15.8. The van der Waals surface area contributed by atoms with E-state index in [-0.39, 0.29) is 12.5 Å². The fourth-order valence-electron chi connectivity index (χ4n) is 4.20. The molecule has 0 radical (unpaired) electrons. The van der Waals surface area contributed by atoms with Crippen LogP contribution in [0.1, 0.15) is 30.1 Å². The van der Waals surface area contributed by atoms with Gasteiger partial charge in [-0.15, -0.1) is 0 Å². The third kappa shape index (κ3) is 4.92. The maximum absolute atomic E-state index is 13.1. The van der Waals surface area contributed by atoms with E-state index in [9.17, 15) is 9.59 Å². The molecule has 0 bridgehead atoms. The highest BCUT2D eigenvalue weighted by Gasteiger charge is 2.23. The average molecular weight is 449 g/mol. The van der Waals surface area contributed by atoms with Gasteiger partial charge in [0.25, 0.3) is 5.91 Å². The third-order valence-electron chi connectivity index (χ3n) is 5.95. The maximum atomic E-state index is 13.1. The molecule has 1 amide bonds. The Hall–Kier alpha value is -3.61. The highest BCUT2D eigenvalue weighted by Crippen LogP contribution is 2.33. The van der Waals surface area contributed by atoms with Crippen molar-refractivity contribution in [3.05, 3.63) is 54.1 Å². The van der Waals surface area contributed by atoms with Gasteiger partial charge in [-0.2, -0.15) is 0 Å². The van der Waals surface area contributed by atoms with Crippen molar-refractivity contribution in [2.75, 3.05) is 33.9 Å². The molecule has 0 saturated carbocycles. The smallest absolute Gasteiger partial charge is 0.339 e. The summed E-state index contributed by atoms with van der Waals surface area (Å²) in [5.41, 5.74) is 2.39. The molecule has 1 saturated heterocycles. The first-order valence-corrected chi connectivity index (χ1v) is 11.1. The zero-order valence-corrected chi connectivity index (χ0v) is 19.2. The molecule has 1 aliphatic rings. The number of methoxy groups -OCH3 is 2. The van der Waals surface area contributed by atoms with E-state index in [0.717, 1.165) is 18.4 Å². The van der Waals surface area contributed by atoms with E-state index in [1.54, 1.807) is 31.3 Å². The number of ether oxygens (including phenoxy) is 3. The molecule has 172 valence electrons. The molecule has 7 heteroatoms. The highest BCUT2D eigenvalue weighted by molar-refractivity contribution is 6.05. The number of esters is 1. The van der Waals surface area contributed by atoms with Crippen LogP contribution in [0.5, 0.6) is 11.5 Å². The van der Waals surface area contributed by atoms with E-state index in [4.69, 9.17) is 19.2 Å². The van der Waals surface area contributed by atoms with Gasteiger partial charge in [-0.05, 0) is 49.1 Å². The molecule has 1 fully saturated rings. The monoisotopic (exact) mass is 448 g/mol. The lowest BCUT2D eigenvalue weighted by molar-refractivity contribution is -0.136. The van der Waals surface area contributed by atoms with Gasteiger partial charge >= 0.3 is 5.97 Å². The summed E-state index contributed by atoms with van der Waals surface area (Å²) in [4.78, 5) is 32.1. The predicted molar refractivity (Wildman–Crippen MR) is 126 cm³/mol. The first-order valence-electron chi connectivity index (χ1n) is 11.1. The largest absolute Gasteiger partial charge is 0.493 e. The van der Waals surface area contributed by atoms with E-state index in [1.807, 2.05) is 36.4 Å². The van der Waals surface area contributed by atoms with Gasteiger partial charge in [0.1, 0.15) is 0 Å². The number of para-hydroxylation sites is 1. The van der Waals surface area contributed by atoms with Crippen LogP contribution in [0.25, 0.3) is 22.2 Å². The molecule has 7 nitrogen and oxygen atoms in total. The quantitative estimate of drug-likeness (QED) is 0.522. The van der Waals surface area contributed by atoms with Crippen LogP contribution in [0.3, 0.4) is 0 Å². The van der Waals surface area contributed by atoms with Gasteiger partial charge in [-0.25, -0.2) is 9.78 Å². The lowest BCUT2D eigenvalue weighted by Crippen LogP contribution is -2.41. The zero-order chi connectivity index (χ0) is 23.4. The van der Waals surface area contributed by atoms with Crippen LogP contribution in [0.2, 0.25) is 0 Å². The van der Waals surface area contributed by atoms with E-state index < -0.39 is 5.97 Å². The number of piperidine rings is 1. The molecular weight excluding hydrogens is 420 g/mol. The first kappa shape index (κ1) is 22.6.